The molecule has 0 atom stereocenters. The number of rotatable bonds is 5. The van der Waals surface area contributed by atoms with Crippen molar-refractivity contribution in [2.45, 2.75) is 13.5 Å². The van der Waals surface area contributed by atoms with Gasteiger partial charge in [-0.15, -0.1) is 11.3 Å². The zero-order valence-electron chi connectivity index (χ0n) is 13.7. The van der Waals surface area contributed by atoms with E-state index in [0.717, 1.165) is 4.47 Å². The van der Waals surface area contributed by atoms with Crippen molar-refractivity contribution in [3.63, 3.8) is 0 Å². The van der Waals surface area contributed by atoms with Gasteiger partial charge in [-0.2, -0.15) is 0 Å². The lowest BCUT2D eigenvalue weighted by molar-refractivity contribution is -0.116. The number of benzene rings is 1. The molecule has 0 aliphatic rings. The molecule has 0 aliphatic carbocycles. The number of halogens is 1. The van der Waals surface area contributed by atoms with Crippen LogP contribution in [0.1, 0.15) is 17.3 Å². The van der Waals surface area contributed by atoms with Gasteiger partial charge in [0.25, 0.3) is 5.56 Å². The van der Waals surface area contributed by atoms with E-state index in [1.54, 1.807) is 36.6 Å². The van der Waals surface area contributed by atoms with Crippen LogP contribution in [0.4, 0.5) is 5.69 Å². The summed E-state index contributed by atoms with van der Waals surface area (Å²) in [6.07, 6.45) is 1.30. The van der Waals surface area contributed by atoms with Crippen LogP contribution in [-0.2, 0) is 16.1 Å². The number of amides is 1. The van der Waals surface area contributed by atoms with E-state index < -0.39 is 11.5 Å². The molecule has 7 nitrogen and oxygen atoms in total. The molecule has 0 saturated heterocycles. The number of hydrogen-bond donors (Lipinski definition) is 1. The molecule has 9 heteroatoms. The minimum Gasteiger partial charge on any atom is -0.462 e. The molecule has 0 saturated carbocycles. The van der Waals surface area contributed by atoms with Crippen LogP contribution in [0.25, 0.3) is 10.2 Å². The highest BCUT2D eigenvalue weighted by Gasteiger charge is 2.19. The molecule has 3 aromatic rings. The number of anilines is 1. The van der Waals surface area contributed by atoms with E-state index in [9.17, 15) is 14.4 Å². The molecule has 0 radical (unpaired) electrons. The predicted molar refractivity (Wildman–Crippen MR) is 103 cm³/mol. The second-order valence-electron chi connectivity index (χ2n) is 5.28. The Morgan fingerprint density at radius 2 is 2.04 bits per heavy atom. The Kier molecular flexibility index (Phi) is 5.48. The lowest BCUT2D eigenvalue weighted by Crippen LogP contribution is -2.28. The Hall–Kier alpha value is -2.52. The van der Waals surface area contributed by atoms with Crippen LogP contribution in [0, 0.1) is 0 Å². The third-order valence-electron chi connectivity index (χ3n) is 3.50. The van der Waals surface area contributed by atoms with Gasteiger partial charge in [0.1, 0.15) is 11.4 Å². The van der Waals surface area contributed by atoms with Crippen LogP contribution < -0.4 is 10.9 Å². The van der Waals surface area contributed by atoms with Crippen LogP contribution in [0.2, 0.25) is 0 Å². The molecule has 0 bridgehead atoms. The number of nitrogens with zero attached hydrogens (tertiary/aromatic N) is 2. The molecule has 26 heavy (non-hydrogen) atoms. The highest BCUT2D eigenvalue weighted by Crippen LogP contribution is 2.21. The molecule has 0 fully saturated rings. The number of nitrogens with one attached hydrogen (secondary N) is 1. The number of carbonyl (C=O) groups excluding carboxylic acids is 2. The van der Waals surface area contributed by atoms with Crippen molar-refractivity contribution in [3.8, 4) is 0 Å². The summed E-state index contributed by atoms with van der Waals surface area (Å²) in [4.78, 5) is 41.5. The van der Waals surface area contributed by atoms with Gasteiger partial charge in [-0.05, 0) is 31.2 Å². The quantitative estimate of drug-likeness (QED) is 0.621. The second kappa shape index (κ2) is 7.79. The van der Waals surface area contributed by atoms with Crippen LogP contribution >= 0.6 is 27.3 Å². The molecular formula is C17H14BrN3O4S. The monoisotopic (exact) mass is 435 g/mol. The highest BCUT2D eigenvalue weighted by atomic mass is 79.9. The Balaban J connectivity index is 1.86. The second-order valence-corrected chi connectivity index (χ2v) is 7.06. The maximum atomic E-state index is 12.7. The Bertz CT molecular complexity index is 1030. The van der Waals surface area contributed by atoms with Crippen molar-refractivity contribution >= 4 is 55.0 Å². The first kappa shape index (κ1) is 18.3. The topological polar surface area (TPSA) is 90.3 Å². The van der Waals surface area contributed by atoms with Crippen molar-refractivity contribution in [1.82, 2.24) is 9.55 Å². The van der Waals surface area contributed by atoms with Crippen molar-refractivity contribution < 1.29 is 14.3 Å². The van der Waals surface area contributed by atoms with E-state index in [0.29, 0.717) is 10.5 Å². The van der Waals surface area contributed by atoms with Crippen LogP contribution in [0.15, 0.2) is 45.2 Å². The molecule has 0 unspecified atom stereocenters. The number of hydrogen-bond acceptors (Lipinski definition) is 6. The van der Waals surface area contributed by atoms with Gasteiger partial charge in [-0.1, -0.05) is 15.9 Å². The summed E-state index contributed by atoms with van der Waals surface area (Å²) in [6, 6.07) is 7.08. The summed E-state index contributed by atoms with van der Waals surface area (Å²) < 4.78 is 7.03. The molecular weight excluding hydrogens is 422 g/mol. The molecule has 2 heterocycles. The summed E-state index contributed by atoms with van der Waals surface area (Å²) in [6.45, 7) is 1.69. The minimum absolute atomic E-state index is 0.173. The number of aromatic nitrogens is 2. The normalized spacial score (nSPS) is 10.7. The highest BCUT2D eigenvalue weighted by molar-refractivity contribution is 9.10. The third-order valence-corrected chi connectivity index (χ3v) is 4.91. The number of ether oxygens (including phenoxy) is 1. The first-order valence-electron chi connectivity index (χ1n) is 7.68. The number of carbonyl (C=O) groups is 2. The molecule has 3 rings (SSSR count). The van der Waals surface area contributed by atoms with E-state index in [-0.39, 0.29) is 30.0 Å². The van der Waals surface area contributed by atoms with E-state index >= 15 is 0 Å². The average Bonchev–Trinajstić information content (AvgIpc) is 3.05. The predicted octanol–water partition coefficient (Wildman–Crippen LogP) is 3.04. The average molecular weight is 436 g/mol. The molecule has 1 aromatic carbocycles. The van der Waals surface area contributed by atoms with Gasteiger partial charge in [0.2, 0.25) is 5.91 Å². The number of esters is 1. The van der Waals surface area contributed by atoms with Gasteiger partial charge >= 0.3 is 5.97 Å². The van der Waals surface area contributed by atoms with E-state index in [1.165, 1.54) is 22.2 Å². The maximum absolute atomic E-state index is 12.7. The molecule has 0 spiro atoms. The van der Waals surface area contributed by atoms with Crippen molar-refractivity contribution in [2.24, 2.45) is 0 Å². The fourth-order valence-electron chi connectivity index (χ4n) is 2.33. The lowest BCUT2D eigenvalue weighted by atomic mass is 10.2. The van der Waals surface area contributed by atoms with Gasteiger partial charge in [0.05, 0.1) is 23.9 Å². The van der Waals surface area contributed by atoms with Gasteiger partial charge in [-0.25, -0.2) is 9.78 Å². The molecule has 0 aliphatic heterocycles. The van der Waals surface area contributed by atoms with Crippen molar-refractivity contribution in [2.75, 3.05) is 11.9 Å². The first-order valence-corrected chi connectivity index (χ1v) is 9.36. The zero-order chi connectivity index (χ0) is 18.7. The van der Waals surface area contributed by atoms with Gasteiger partial charge in [0, 0.05) is 15.5 Å². The number of fused-ring (bicyclic) bond motifs is 1. The third kappa shape index (κ3) is 3.83. The fraction of sp³-hybridized carbons (Fsp3) is 0.176. The summed E-state index contributed by atoms with van der Waals surface area (Å²) in [7, 11) is 0. The van der Waals surface area contributed by atoms with E-state index in [2.05, 4.69) is 26.2 Å². The van der Waals surface area contributed by atoms with Gasteiger partial charge in [-0.3, -0.25) is 14.2 Å². The number of thiophene rings is 1. The van der Waals surface area contributed by atoms with E-state index in [4.69, 9.17) is 4.74 Å². The smallest absolute Gasteiger partial charge is 0.339 e. The zero-order valence-corrected chi connectivity index (χ0v) is 16.1. The standard InChI is InChI=1S/C17H14BrN3O4S/c1-2-25-17(24)12-8-26-15-14(12)16(23)21(9-19-15)7-13(22)20-11-5-3-10(18)4-6-11/h3-6,8-9H,2,7H2,1H3,(H,20,22). The summed E-state index contributed by atoms with van der Waals surface area (Å²) in [5.41, 5.74) is 0.334. The van der Waals surface area contributed by atoms with Gasteiger partial charge < -0.3 is 10.1 Å². The Morgan fingerprint density at radius 3 is 2.73 bits per heavy atom. The van der Waals surface area contributed by atoms with Crippen LogP contribution in [0.5, 0.6) is 0 Å². The summed E-state index contributed by atoms with van der Waals surface area (Å²) in [5.74, 6) is -0.946. The maximum Gasteiger partial charge on any atom is 0.339 e. The minimum atomic E-state index is -0.574. The molecule has 2 aromatic heterocycles. The van der Waals surface area contributed by atoms with Crippen molar-refractivity contribution in [3.05, 3.63) is 56.4 Å². The van der Waals surface area contributed by atoms with Crippen molar-refractivity contribution in [1.29, 1.82) is 0 Å². The molecule has 1 amide bonds. The van der Waals surface area contributed by atoms with E-state index in [1.807, 2.05) is 0 Å². The lowest BCUT2D eigenvalue weighted by Gasteiger charge is -2.08. The van der Waals surface area contributed by atoms with Crippen LogP contribution in [0.3, 0.4) is 0 Å². The summed E-state index contributed by atoms with van der Waals surface area (Å²) in [5, 5.41) is 4.43. The van der Waals surface area contributed by atoms with Crippen LogP contribution in [-0.4, -0.2) is 28.0 Å². The first-order chi connectivity index (χ1) is 12.5. The molecule has 134 valence electrons. The Morgan fingerprint density at radius 1 is 1.31 bits per heavy atom. The largest absolute Gasteiger partial charge is 0.462 e. The fourth-order valence-corrected chi connectivity index (χ4v) is 3.46. The summed E-state index contributed by atoms with van der Waals surface area (Å²) >= 11 is 4.50. The Labute approximate surface area is 160 Å². The van der Waals surface area contributed by atoms with Gasteiger partial charge in [0.15, 0.2) is 0 Å². The molecule has 1 N–H and O–H groups in total. The SMILES string of the molecule is CCOC(=O)c1csc2ncn(CC(=O)Nc3ccc(Br)cc3)c(=O)c12.